The van der Waals surface area contributed by atoms with Crippen LogP contribution in [0.2, 0.25) is 0 Å². The molecule has 2 aliphatic heterocycles. The van der Waals surface area contributed by atoms with E-state index in [0.29, 0.717) is 43.7 Å². The first kappa shape index (κ1) is 18.7. The number of carbonyl (C=O) groups excluding carboxylic acids is 3. The van der Waals surface area contributed by atoms with Gasteiger partial charge in [0, 0.05) is 24.7 Å². The van der Waals surface area contributed by atoms with E-state index in [2.05, 4.69) is 5.32 Å². The van der Waals surface area contributed by atoms with Crippen molar-refractivity contribution in [2.75, 3.05) is 19.7 Å². The zero-order valence-corrected chi connectivity index (χ0v) is 15.6. The Kier molecular flexibility index (Phi) is 5.53. The quantitative estimate of drug-likeness (QED) is 0.777. The fraction of sp³-hybridized carbons (Fsp3) is 0.737. The number of rotatable bonds is 3. The number of esters is 1. The third-order valence-electron chi connectivity index (χ3n) is 5.67. The highest BCUT2D eigenvalue weighted by Crippen LogP contribution is 2.43. The third kappa shape index (κ3) is 3.57. The van der Waals surface area contributed by atoms with Crippen molar-refractivity contribution in [3.8, 4) is 0 Å². The summed E-state index contributed by atoms with van der Waals surface area (Å²) in [6, 6.07) is -0.00943. The monoisotopic (exact) mass is 364 g/mol. The molecule has 7 heteroatoms. The molecule has 2 fully saturated rings. The average Bonchev–Trinajstić information content (AvgIpc) is 2.86. The SMILES string of the molecule is CCOC(=O)N1CCC(NC(=O)C2=C(C)C(=O)OC23CCCCC3)CC1. The number of nitrogens with zero attached hydrogens (tertiary/aromatic N) is 1. The molecule has 1 N–H and O–H groups in total. The van der Waals surface area contributed by atoms with Crippen molar-refractivity contribution in [3.63, 3.8) is 0 Å². The predicted octanol–water partition coefficient (Wildman–Crippen LogP) is 2.30. The molecule has 0 aromatic carbocycles. The molecule has 1 spiro atoms. The average molecular weight is 364 g/mol. The minimum absolute atomic E-state index is 0.00943. The summed E-state index contributed by atoms with van der Waals surface area (Å²) in [4.78, 5) is 38.5. The van der Waals surface area contributed by atoms with Crippen LogP contribution < -0.4 is 5.32 Å². The number of ether oxygens (including phenoxy) is 2. The maximum Gasteiger partial charge on any atom is 0.409 e. The number of amides is 2. The second-order valence-corrected chi connectivity index (χ2v) is 7.38. The number of hydrogen-bond donors (Lipinski definition) is 1. The van der Waals surface area contributed by atoms with E-state index in [1.165, 1.54) is 0 Å². The molecule has 1 saturated heterocycles. The first-order valence-corrected chi connectivity index (χ1v) is 9.64. The molecule has 0 radical (unpaired) electrons. The Morgan fingerprint density at radius 1 is 1.23 bits per heavy atom. The largest absolute Gasteiger partial charge is 0.451 e. The molecule has 3 rings (SSSR count). The minimum Gasteiger partial charge on any atom is -0.451 e. The lowest BCUT2D eigenvalue weighted by Gasteiger charge is -2.35. The van der Waals surface area contributed by atoms with Crippen LogP contribution in [0.4, 0.5) is 4.79 Å². The van der Waals surface area contributed by atoms with Gasteiger partial charge in [0.15, 0.2) is 0 Å². The molecule has 0 aromatic heterocycles. The van der Waals surface area contributed by atoms with E-state index in [0.717, 1.165) is 32.1 Å². The van der Waals surface area contributed by atoms with E-state index in [9.17, 15) is 14.4 Å². The summed E-state index contributed by atoms with van der Waals surface area (Å²) < 4.78 is 10.7. The predicted molar refractivity (Wildman–Crippen MR) is 94.4 cm³/mol. The molecular formula is C19H28N2O5. The van der Waals surface area contributed by atoms with Crippen molar-refractivity contribution in [2.45, 2.75) is 70.4 Å². The van der Waals surface area contributed by atoms with Crippen molar-refractivity contribution in [1.29, 1.82) is 0 Å². The molecule has 7 nitrogen and oxygen atoms in total. The molecule has 2 heterocycles. The van der Waals surface area contributed by atoms with Crippen LogP contribution in [-0.2, 0) is 19.1 Å². The van der Waals surface area contributed by atoms with Gasteiger partial charge in [0.2, 0.25) is 0 Å². The Labute approximate surface area is 154 Å². The minimum atomic E-state index is -0.727. The molecular weight excluding hydrogens is 336 g/mol. The zero-order chi connectivity index (χ0) is 18.7. The molecule has 26 heavy (non-hydrogen) atoms. The van der Waals surface area contributed by atoms with Gasteiger partial charge in [0.25, 0.3) is 5.91 Å². The van der Waals surface area contributed by atoms with Crippen molar-refractivity contribution in [2.24, 2.45) is 0 Å². The maximum atomic E-state index is 13.0. The van der Waals surface area contributed by atoms with Crippen LogP contribution in [0.5, 0.6) is 0 Å². The van der Waals surface area contributed by atoms with Crippen LogP contribution in [0.1, 0.15) is 58.8 Å². The second-order valence-electron chi connectivity index (χ2n) is 7.38. The number of carbonyl (C=O) groups is 3. The van der Waals surface area contributed by atoms with Gasteiger partial charge >= 0.3 is 12.1 Å². The van der Waals surface area contributed by atoms with Gasteiger partial charge in [0.1, 0.15) is 5.60 Å². The summed E-state index contributed by atoms with van der Waals surface area (Å²) in [5.41, 5.74) is 0.234. The molecule has 0 atom stereocenters. The Morgan fingerprint density at radius 2 is 1.88 bits per heavy atom. The van der Waals surface area contributed by atoms with Crippen molar-refractivity contribution >= 4 is 18.0 Å². The number of likely N-dealkylation sites (tertiary alicyclic amines) is 1. The number of piperidine rings is 1. The Morgan fingerprint density at radius 3 is 2.50 bits per heavy atom. The van der Waals surface area contributed by atoms with Gasteiger partial charge < -0.3 is 19.7 Å². The van der Waals surface area contributed by atoms with Crippen molar-refractivity contribution in [1.82, 2.24) is 10.2 Å². The lowest BCUT2D eigenvalue weighted by Crippen LogP contribution is -2.49. The second kappa shape index (κ2) is 7.68. The third-order valence-corrected chi connectivity index (χ3v) is 5.67. The van der Waals surface area contributed by atoms with Crippen LogP contribution >= 0.6 is 0 Å². The molecule has 1 saturated carbocycles. The van der Waals surface area contributed by atoms with Gasteiger partial charge in [-0.1, -0.05) is 6.42 Å². The topological polar surface area (TPSA) is 84.9 Å². The molecule has 144 valence electrons. The Hall–Kier alpha value is -2.05. The standard InChI is InChI=1S/C19H28N2O5/c1-3-25-18(24)21-11-7-14(8-12-21)20-16(22)15-13(2)17(23)26-19(15)9-5-4-6-10-19/h14H,3-12H2,1-2H3,(H,20,22). The van der Waals surface area contributed by atoms with E-state index in [4.69, 9.17) is 9.47 Å². The Balaban J connectivity index is 1.63. The molecule has 2 amide bonds. The van der Waals surface area contributed by atoms with Gasteiger partial charge in [-0.3, -0.25) is 4.79 Å². The highest BCUT2D eigenvalue weighted by atomic mass is 16.6. The van der Waals surface area contributed by atoms with Crippen LogP contribution in [-0.4, -0.2) is 54.2 Å². The summed E-state index contributed by atoms with van der Waals surface area (Å²) in [5, 5.41) is 3.07. The van der Waals surface area contributed by atoms with Gasteiger partial charge in [0.05, 0.1) is 12.2 Å². The van der Waals surface area contributed by atoms with Gasteiger partial charge in [-0.15, -0.1) is 0 Å². The van der Waals surface area contributed by atoms with E-state index >= 15 is 0 Å². The summed E-state index contributed by atoms with van der Waals surface area (Å²) in [7, 11) is 0. The van der Waals surface area contributed by atoms with Crippen molar-refractivity contribution in [3.05, 3.63) is 11.1 Å². The summed E-state index contributed by atoms with van der Waals surface area (Å²) >= 11 is 0. The number of nitrogens with one attached hydrogen (secondary N) is 1. The first-order valence-electron chi connectivity index (χ1n) is 9.64. The highest BCUT2D eigenvalue weighted by Gasteiger charge is 2.49. The van der Waals surface area contributed by atoms with Gasteiger partial charge in [-0.25, -0.2) is 9.59 Å². The number of hydrogen-bond acceptors (Lipinski definition) is 5. The smallest absolute Gasteiger partial charge is 0.409 e. The van der Waals surface area contributed by atoms with Crippen LogP contribution in [0.25, 0.3) is 0 Å². The van der Waals surface area contributed by atoms with E-state index in [-0.39, 0.29) is 24.0 Å². The van der Waals surface area contributed by atoms with E-state index in [1.54, 1.807) is 18.7 Å². The van der Waals surface area contributed by atoms with Crippen LogP contribution in [0, 0.1) is 0 Å². The van der Waals surface area contributed by atoms with E-state index < -0.39 is 5.60 Å². The zero-order valence-electron chi connectivity index (χ0n) is 15.6. The summed E-state index contributed by atoms with van der Waals surface area (Å²) in [6.45, 7) is 4.95. The lowest BCUT2D eigenvalue weighted by molar-refractivity contribution is -0.149. The fourth-order valence-electron chi connectivity index (χ4n) is 4.28. The highest BCUT2D eigenvalue weighted by molar-refractivity contribution is 6.07. The van der Waals surface area contributed by atoms with Crippen LogP contribution in [0.15, 0.2) is 11.1 Å². The molecule has 0 aromatic rings. The molecule has 1 aliphatic carbocycles. The normalized spacial score (nSPS) is 23.2. The lowest BCUT2D eigenvalue weighted by atomic mass is 9.78. The van der Waals surface area contributed by atoms with Gasteiger partial charge in [-0.05, 0) is 52.4 Å². The summed E-state index contributed by atoms with van der Waals surface area (Å²) in [5.74, 6) is -0.556. The van der Waals surface area contributed by atoms with E-state index in [1.807, 2.05) is 0 Å². The first-order chi connectivity index (χ1) is 12.5. The fourth-order valence-corrected chi connectivity index (χ4v) is 4.28. The molecule has 0 unspecified atom stereocenters. The van der Waals surface area contributed by atoms with Gasteiger partial charge in [-0.2, -0.15) is 0 Å². The molecule has 0 bridgehead atoms. The maximum absolute atomic E-state index is 13.0. The Bertz CT molecular complexity index is 613. The van der Waals surface area contributed by atoms with Crippen LogP contribution in [0.3, 0.4) is 0 Å². The summed E-state index contributed by atoms with van der Waals surface area (Å²) in [6.07, 6.45) is 5.55. The molecule has 3 aliphatic rings. The van der Waals surface area contributed by atoms with Crippen molar-refractivity contribution < 1.29 is 23.9 Å².